The number of rotatable bonds is 3. The Hall–Kier alpha value is -1.69. The van der Waals surface area contributed by atoms with Crippen molar-refractivity contribution in [1.82, 2.24) is 19.9 Å². The minimum Gasteiger partial charge on any atom is -0.348 e. The molecular weight excluding hydrogens is 260 g/mol. The zero-order chi connectivity index (χ0) is 13.1. The normalized spacial score (nSPS) is 16.7. The summed E-state index contributed by atoms with van der Waals surface area (Å²) in [5.41, 5.74) is 2.65. The first-order valence-electron chi connectivity index (χ1n) is 6.47. The molecule has 1 fully saturated rings. The number of imidazole rings is 1. The van der Waals surface area contributed by atoms with Crippen LogP contribution in [-0.4, -0.2) is 38.8 Å². The quantitative estimate of drug-likeness (QED) is 0.930. The van der Waals surface area contributed by atoms with Crippen molar-refractivity contribution in [2.24, 2.45) is 0 Å². The Labute approximate surface area is 115 Å². The lowest BCUT2D eigenvalue weighted by Gasteiger charge is -2.31. The summed E-state index contributed by atoms with van der Waals surface area (Å²) >= 11 is 1.53. The lowest BCUT2D eigenvalue weighted by molar-refractivity contribution is -0.131. The third-order valence-corrected chi connectivity index (χ3v) is 4.20. The van der Waals surface area contributed by atoms with Crippen molar-refractivity contribution in [2.45, 2.75) is 25.2 Å². The highest BCUT2D eigenvalue weighted by Crippen LogP contribution is 2.25. The molecule has 100 valence electrons. The van der Waals surface area contributed by atoms with Crippen LogP contribution in [0.4, 0.5) is 0 Å². The molecule has 1 aliphatic rings. The minimum atomic E-state index is 0.184. The number of amides is 1. The lowest BCUT2D eigenvalue weighted by Crippen LogP contribution is -2.39. The molecule has 3 heterocycles. The van der Waals surface area contributed by atoms with Gasteiger partial charge in [-0.15, -0.1) is 11.3 Å². The molecule has 0 radical (unpaired) electrons. The van der Waals surface area contributed by atoms with Gasteiger partial charge < -0.3 is 9.88 Å². The van der Waals surface area contributed by atoms with Gasteiger partial charge in [-0.2, -0.15) is 0 Å². The van der Waals surface area contributed by atoms with E-state index < -0.39 is 0 Å². The second kappa shape index (κ2) is 5.52. The van der Waals surface area contributed by atoms with Crippen molar-refractivity contribution < 1.29 is 4.79 Å². The monoisotopic (exact) mass is 276 g/mol. The van der Waals surface area contributed by atoms with Crippen LogP contribution in [-0.2, 0) is 11.2 Å². The molecule has 0 spiro atoms. The highest BCUT2D eigenvalue weighted by Gasteiger charge is 2.25. The second-order valence-corrected chi connectivity index (χ2v) is 5.50. The first-order chi connectivity index (χ1) is 9.33. The van der Waals surface area contributed by atoms with Crippen molar-refractivity contribution in [2.75, 3.05) is 13.1 Å². The topological polar surface area (TPSA) is 61.9 Å². The van der Waals surface area contributed by atoms with E-state index >= 15 is 0 Å². The first kappa shape index (κ1) is 12.3. The molecular formula is C13H16N4OS. The van der Waals surface area contributed by atoms with Crippen LogP contribution in [0.15, 0.2) is 23.3 Å². The Balaban J connectivity index is 1.54. The lowest BCUT2D eigenvalue weighted by atomic mass is 9.96. The van der Waals surface area contributed by atoms with E-state index in [4.69, 9.17) is 0 Å². The van der Waals surface area contributed by atoms with Gasteiger partial charge in [0.2, 0.25) is 5.91 Å². The summed E-state index contributed by atoms with van der Waals surface area (Å²) in [7, 11) is 0. The summed E-state index contributed by atoms with van der Waals surface area (Å²) in [6.07, 6.45) is 6.03. The standard InChI is InChI=1S/C13H16N4OS/c18-12(7-11-8-19-9-16-11)17-5-1-10(2-6-17)13-14-3-4-15-13/h3-4,8-10H,1-2,5-7H2,(H,14,15). The molecule has 0 bridgehead atoms. The molecule has 0 atom stereocenters. The smallest absolute Gasteiger partial charge is 0.228 e. The molecule has 1 amide bonds. The minimum absolute atomic E-state index is 0.184. The van der Waals surface area contributed by atoms with Gasteiger partial charge in [0.1, 0.15) is 5.82 Å². The van der Waals surface area contributed by atoms with Gasteiger partial charge in [-0.1, -0.05) is 0 Å². The van der Waals surface area contributed by atoms with Crippen molar-refractivity contribution in [3.63, 3.8) is 0 Å². The van der Waals surface area contributed by atoms with E-state index in [1.165, 1.54) is 11.3 Å². The van der Waals surface area contributed by atoms with Gasteiger partial charge in [0.25, 0.3) is 0 Å². The maximum atomic E-state index is 12.1. The van der Waals surface area contributed by atoms with Crippen LogP contribution in [0.3, 0.4) is 0 Å². The molecule has 0 aromatic carbocycles. The van der Waals surface area contributed by atoms with E-state index in [0.29, 0.717) is 12.3 Å². The summed E-state index contributed by atoms with van der Waals surface area (Å²) < 4.78 is 0. The van der Waals surface area contributed by atoms with Crippen LogP contribution < -0.4 is 0 Å². The Morgan fingerprint density at radius 1 is 1.42 bits per heavy atom. The van der Waals surface area contributed by atoms with Gasteiger partial charge in [-0.3, -0.25) is 4.79 Å². The number of carbonyl (C=O) groups is 1. The Bertz CT molecular complexity index is 515. The number of nitrogens with one attached hydrogen (secondary N) is 1. The van der Waals surface area contributed by atoms with Crippen LogP contribution in [0.5, 0.6) is 0 Å². The fourth-order valence-corrected chi connectivity index (χ4v) is 3.05. The van der Waals surface area contributed by atoms with Crippen LogP contribution in [0, 0.1) is 0 Å². The van der Waals surface area contributed by atoms with E-state index in [0.717, 1.165) is 37.4 Å². The average molecular weight is 276 g/mol. The molecule has 0 unspecified atom stereocenters. The molecule has 2 aromatic rings. The zero-order valence-corrected chi connectivity index (χ0v) is 11.4. The van der Waals surface area contributed by atoms with Crippen LogP contribution in [0.2, 0.25) is 0 Å². The van der Waals surface area contributed by atoms with Crippen LogP contribution in [0.25, 0.3) is 0 Å². The molecule has 2 aromatic heterocycles. The Kier molecular flexibility index (Phi) is 3.59. The number of hydrogen-bond donors (Lipinski definition) is 1. The number of aromatic nitrogens is 3. The molecule has 6 heteroatoms. The van der Waals surface area contributed by atoms with Crippen molar-refractivity contribution in [1.29, 1.82) is 0 Å². The van der Waals surface area contributed by atoms with Gasteiger partial charge in [0.05, 0.1) is 17.6 Å². The Morgan fingerprint density at radius 2 is 2.26 bits per heavy atom. The second-order valence-electron chi connectivity index (χ2n) is 4.79. The average Bonchev–Trinajstić information content (AvgIpc) is 3.12. The fourth-order valence-electron chi connectivity index (χ4n) is 2.49. The van der Waals surface area contributed by atoms with Gasteiger partial charge >= 0.3 is 0 Å². The summed E-state index contributed by atoms with van der Waals surface area (Å²) in [6.45, 7) is 1.63. The van der Waals surface area contributed by atoms with Crippen LogP contribution >= 0.6 is 11.3 Å². The van der Waals surface area contributed by atoms with E-state index in [9.17, 15) is 4.79 Å². The highest BCUT2D eigenvalue weighted by molar-refractivity contribution is 7.07. The number of thiazole rings is 1. The van der Waals surface area contributed by atoms with Gasteiger partial charge in [-0.25, -0.2) is 9.97 Å². The predicted octanol–water partition coefficient (Wildman–Crippen LogP) is 1.81. The summed E-state index contributed by atoms with van der Waals surface area (Å²) in [4.78, 5) is 25.7. The maximum Gasteiger partial charge on any atom is 0.228 e. The molecule has 0 saturated carbocycles. The SMILES string of the molecule is O=C(Cc1cscn1)N1CCC(c2ncc[nH]2)CC1. The number of likely N-dealkylation sites (tertiary alicyclic amines) is 1. The van der Waals surface area contributed by atoms with Crippen molar-refractivity contribution >= 4 is 17.2 Å². The van der Waals surface area contributed by atoms with E-state index in [1.807, 2.05) is 16.5 Å². The number of piperidine rings is 1. The van der Waals surface area contributed by atoms with E-state index in [-0.39, 0.29) is 5.91 Å². The van der Waals surface area contributed by atoms with E-state index in [2.05, 4.69) is 15.0 Å². The number of nitrogens with zero attached hydrogens (tertiary/aromatic N) is 3. The molecule has 1 aliphatic heterocycles. The Morgan fingerprint density at radius 3 is 2.89 bits per heavy atom. The molecule has 19 heavy (non-hydrogen) atoms. The molecule has 1 saturated heterocycles. The summed E-state index contributed by atoms with van der Waals surface area (Å²) in [5, 5.41) is 1.94. The number of hydrogen-bond acceptors (Lipinski definition) is 4. The largest absolute Gasteiger partial charge is 0.348 e. The number of carbonyl (C=O) groups excluding carboxylic acids is 1. The number of H-pyrrole nitrogens is 1. The third-order valence-electron chi connectivity index (χ3n) is 3.57. The van der Waals surface area contributed by atoms with Crippen molar-refractivity contribution in [3.05, 3.63) is 34.8 Å². The highest BCUT2D eigenvalue weighted by atomic mass is 32.1. The maximum absolute atomic E-state index is 12.1. The summed E-state index contributed by atoms with van der Waals surface area (Å²) in [6, 6.07) is 0. The first-order valence-corrected chi connectivity index (χ1v) is 7.41. The predicted molar refractivity (Wildman–Crippen MR) is 73.0 cm³/mol. The fraction of sp³-hybridized carbons (Fsp3) is 0.462. The van der Waals surface area contributed by atoms with Gasteiger partial charge in [-0.05, 0) is 12.8 Å². The molecule has 0 aliphatic carbocycles. The third kappa shape index (κ3) is 2.84. The molecule has 3 rings (SSSR count). The summed E-state index contributed by atoms with van der Waals surface area (Å²) in [5.74, 6) is 1.69. The van der Waals surface area contributed by atoms with Gasteiger partial charge in [0, 0.05) is 36.8 Å². The molecule has 1 N–H and O–H groups in total. The van der Waals surface area contributed by atoms with E-state index in [1.54, 1.807) is 11.7 Å². The van der Waals surface area contributed by atoms with Gasteiger partial charge in [0.15, 0.2) is 0 Å². The number of aromatic amines is 1. The van der Waals surface area contributed by atoms with Crippen LogP contribution in [0.1, 0.15) is 30.3 Å². The zero-order valence-electron chi connectivity index (χ0n) is 10.6. The molecule has 5 nitrogen and oxygen atoms in total. The van der Waals surface area contributed by atoms with Crippen molar-refractivity contribution in [3.8, 4) is 0 Å².